The third-order valence-corrected chi connectivity index (χ3v) is 4.43. The molecule has 2 aromatic heterocycles. The Balaban J connectivity index is 2.11. The molecule has 0 aliphatic rings. The molecular weight excluding hydrogens is 310 g/mol. The minimum Gasteiger partial charge on any atom is -0.292 e. The maximum Gasteiger partial charge on any atom is 0.339 e. The van der Waals surface area contributed by atoms with Crippen molar-refractivity contribution >= 4 is 40.5 Å². The fraction of sp³-hybridized carbons (Fsp3) is 0.200. The third kappa shape index (κ3) is 3.34. The SMILES string of the molecule is Cn1[nH]c(=O)c(=O)nc1SCC(=O)c1ccc(Cl)s1. The summed E-state index contributed by atoms with van der Waals surface area (Å²) in [6, 6.07) is 3.30. The number of hydrogen-bond acceptors (Lipinski definition) is 6. The van der Waals surface area contributed by atoms with Crippen LogP contribution < -0.4 is 11.1 Å². The van der Waals surface area contributed by atoms with E-state index >= 15 is 0 Å². The Hall–Kier alpha value is -1.38. The lowest BCUT2D eigenvalue weighted by atomic mass is 10.4. The van der Waals surface area contributed by atoms with Gasteiger partial charge >= 0.3 is 11.1 Å². The molecule has 0 spiro atoms. The number of hydrogen-bond donors (Lipinski definition) is 1. The molecule has 0 radical (unpaired) electrons. The van der Waals surface area contributed by atoms with Gasteiger partial charge in [-0.05, 0) is 12.1 Å². The van der Waals surface area contributed by atoms with Crippen LogP contribution in [0.2, 0.25) is 4.34 Å². The van der Waals surface area contributed by atoms with Gasteiger partial charge in [0, 0.05) is 7.05 Å². The van der Waals surface area contributed by atoms with Gasteiger partial charge < -0.3 is 0 Å². The number of H-pyrrole nitrogens is 1. The average molecular weight is 318 g/mol. The molecule has 0 fully saturated rings. The first-order valence-electron chi connectivity index (χ1n) is 5.06. The summed E-state index contributed by atoms with van der Waals surface area (Å²) in [4.78, 5) is 38.1. The van der Waals surface area contributed by atoms with Gasteiger partial charge in [0.1, 0.15) is 0 Å². The largest absolute Gasteiger partial charge is 0.339 e. The van der Waals surface area contributed by atoms with Gasteiger partial charge in [-0.25, -0.2) is 0 Å². The molecule has 0 atom stereocenters. The number of ketones is 1. The van der Waals surface area contributed by atoms with Crippen LogP contribution in [0, 0.1) is 0 Å². The minimum atomic E-state index is -0.868. The van der Waals surface area contributed by atoms with Gasteiger partial charge in [0.05, 0.1) is 15.0 Å². The number of Topliss-reactive ketones (excluding diaryl/α,β-unsaturated/α-hetero) is 1. The molecule has 0 unspecified atom stereocenters. The van der Waals surface area contributed by atoms with Crippen molar-refractivity contribution in [3.05, 3.63) is 42.1 Å². The van der Waals surface area contributed by atoms with E-state index in [9.17, 15) is 14.4 Å². The van der Waals surface area contributed by atoms with E-state index in [4.69, 9.17) is 11.6 Å². The van der Waals surface area contributed by atoms with E-state index in [-0.39, 0.29) is 16.7 Å². The molecule has 19 heavy (non-hydrogen) atoms. The third-order valence-electron chi connectivity index (χ3n) is 2.13. The second kappa shape index (κ2) is 5.72. The molecule has 0 aromatic carbocycles. The van der Waals surface area contributed by atoms with E-state index in [1.54, 1.807) is 19.2 Å². The van der Waals surface area contributed by atoms with Gasteiger partial charge in [0.25, 0.3) is 0 Å². The molecule has 6 nitrogen and oxygen atoms in total. The van der Waals surface area contributed by atoms with Crippen LogP contribution in [0.4, 0.5) is 0 Å². The number of halogens is 1. The first-order valence-corrected chi connectivity index (χ1v) is 7.24. The average Bonchev–Trinajstić information content (AvgIpc) is 2.78. The summed E-state index contributed by atoms with van der Waals surface area (Å²) >= 11 is 8.02. The second-order valence-corrected chi connectivity index (χ2v) is 6.17. The highest BCUT2D eigenvalue weighted by Crippen LogP contribution is 2.23. The zero-order valence-electron chi connectivity index (χ0n) is 9.68. The molecular formula is C10H8ClN3O3S2. The van der Waals surface area contributed by atoms with Crippen LogP contribution >= 0.6 is 34.7 Å². The quantitative estimate of drug-likeness (QED) is 0.519. The van der Waals surface area contributed by atoms with Crippen molar-refractivity contribution in [2.45, 2.75) is 5.16 Å². The lowest BCUT2D eigenvalue weighted by molar-refractivity contribution is 0.102. The van der Waals surface area contributed by atoms with E-state index in [0.29, 0.717) is 9.21 Å². The molecule has 0 bridgehead atoms. The van der Waals surface area contributed by atoms with Crippen LogP contribution in [-0.4, -0.2) is 26.3 Å². The molecule has 2 rings (SSSR count). The standard InChI is InChI=1S/C10H8ClN3O3S2/c1-14-10(12-8(16)9(17)13-14)18-4-5(15)6-2-3-7(11)19-6/h2-3H,4H2,1H3,(H,13,17). The number of aromatic nitrogens is 3. The monoisotopic (exact) mass is 317 g/mol. The summed E-state index contributed by atoms with van der Waals surface area (Å²) in [5.41, 5.74) is -1.66. The Morgan fingerprint density at radius 1 is 1.53 bits per heavy atom. The van der Waals surface area contributed by atoms with E-state index in [1.807, 2.05) is 0 Å². The van der Waals surface area contributed by atoms with Gasteiger partial charge in [-0.3, -0.25) is 24.2 Å². The summed E-state index contributed by atoms with van der Waals surface area (Å²) in [7, 11) is 1.54. The molecule has 9 heteroatoms. The fourth-order valence-electron chi connectivity index (χ4n) is 1.26. The smallest absolute Gasteiger partial charge is 0.292 e. The Labute approximate surface area is 120 Å². The Morgan fingerprint density at radius 3 is 2.89 bits per heavy atom. The van der Waals surface area contributed by atoms with Gasteiger partial charge in [-0.1, -0.05) is 23.4 Å². The highest BCUT2D eigenvalue weighted by atomic mass is 35.5. The number of thioether (sulfide) groups is 1. The number of aromatic amines is 1. The summed E-state index contributed by atoms with van der Waals surface area (Å²) in [5.74, 6) is 0.00532. The van der Waals surface area contributed by atoms with Crippen molar-refractivity contribution in [1.82, 2.24) is 14.8 Å². The number of rotatable bonds is 4. The Morgan fingerprint density at radius 2 is 2.26 bits per heavy atom. The topological polar surface area (TPSA) is 84.8 Å². The fourth-order valence-corrected chi connectivity index (χ4v) is 3.13. The summed E-state index contributed by atoms with van der Waals surface area (Å²) in [6.07, 6.45) is 0. The summed E-state index contributed by atoms with van der Waals surface area (Å²) < 4.78 is 1.85. The highest BCUT2D eigenvalue weighted by Gasteiger charge is 2.12. The number of carbonyl (C=O) groups excluding carboxylic acids is 1. The van der Waals surface area contributed by atoms with Gasteiger partial charge in [-0.15, -0.1) is 11.3 Å². The van der Waals surface area contributed by atoms with E-state index in [0.717, 1.165) is 11.8 Å². The van der Waals surface area contributed by atoms with Crippen molar-refractivity contribution < 1.29 is 4.79 Å². The molecule has 0 aliphatic heterocycles. The molecule has 0 saturated heterocycles. The number of thiophene rings is 1. The zero-order chi connectivity index (χ0) is 14.0. The predicted octanol–water partition coefficient (Wildman–Crippen LogP) is 1.16. The number of nitrogens with zero attached hydrogens (tertiary/aromatic N) is 2. The van der Waals surface area contributed by atoms with Crippen LogP contribution in [0.1, 0.15) is 9.67 Å². The zero-order valence-corrected chi connectivity index (χ0v) is 12.1. The van der Waals surface area contributed by atoms with Crippen LogP contribution in [0.3, 0.4) is 0 Å². The first-order chi connectivity index (χ1) is 8.97. The number of carbonyl (C=O) groups is 1. The van der Waals surface area contributed by atoms with Crippen molar-refractivity contribution in [2.24, 2.45) is 7.05 Å². The highest BCUT2D eigenvalue weighted by molar-refractivity contribution is 7.99. The second-order valence-electron chi connectivity index (χ2n) is 3.52. The minimum absolute atomic E-state index is 0.109. The molecule has 100 valence electrons. The van der Waals surface area contributed by atoms with Crippen molar-refractivity contribution in [2.75, 3.05) is 5.75 Å². The Bertz CT molecular complexity index is 734. The molecule has 2 aromatic rings. The van der Waals surface area contributed by atoms with E-state index in [2.05, 4.69) is 10.1 Å². The predicted molar refractivity (Wildman–Crippen MR) is 74.5 cm³/mol. The van der Waals surface area contributed by atoms with Crippen LogP contribution in [0.25, 0.3) is 0 Å². The number of aryl methyl sites for hydroxylation is 1. The molecule has 0 saturated carbocycles. The van der Waals surface area contributed by atoms with Gasteiger partial charge in [0.15, 0.2) is 10.9 Å². The van der Waals surface area contributed by atoms with Gasteiger partial charge in [-0.2, -0.15) is 4.98 Å². The van der Waals surface area contributed by atoms with Crippen LogP contribution in [-0.2, 0) is 7.05 Å². The molecule has 0 aliphatic carbocycles. The molecule has 2 heterocycles. The van der Waals surface area contributed by atoms with Gasteiger partial charge in [0.2, 0.25) is 0 Å². The van der Waals surface area contributed by atoms with Crippen molar-refractivity contribution in [1.29, 1.82) is 0 Å². The molecule has 1 N–H and O–H groups in total. The lowest BCUT2D eigenvalue weighted by Gasteiger charge is -2.04. The first kappa shape index (κ1) is 14.0. The lowest BCUT2D eigenvalue weighted by Crippen LogP contribution is -2.34. The molecule has 0 amide bonds. The summed E-state index contributed by atoms with van der Waals surface area (Å²) in [5, 5.41) is 2.59. The van der Waals surface area contributed by atoms with Crippen molar-refractivity contribution in [3.63, 3.8) is 0 Å². The Kier molecular flexibility index (Phi) is 4.23. The van der Waals surface area contributed by atoms with Crippen LogP contribution in [0.5, 0.6) is 0 Å². The van der Waals surface area contributed by atoms with E-state index < -0.39 is 11.1 Å². The number of nitrogens with one attached hydrogen (secondary N) is 1. The summed E-state index contributed by atoms with van der Waals surface area (Å²) in [6.45, 7) is 0. The normalized spacial score (nSPS) is 10.6. The van der Waals surface area contributed by atoms with E-state index in [1.165, 1.54) is 16.0 Å². The van der Waals surface area contributed by atoms with Crippen molar-refractivity contribution in [3.8, 4) is 0 Å². The maximum absolute atomic E-state index is 11.8. The van der Waals surface area contributed by atoms with Crippen LogP contribution in [0.15, 0.2) is 26.9 Å². The maximum atomic E-state index is 11.8.